The maximum atomic E-state index is 5.10. The maximum absolute atomic E-state index is 5.10. The average Bonchev–Trinajstić information content (AvgIpc) is 2.25. The number of ether oxygens (including phenoxy) is 1. The van der Waals surface area contributed by atoms with Crippen LogP contribution in [0, 0.1) is 0 Å². The second-order valence-corrected chi connectivity index (χ2v) is 3.41. The highest BCUT2D eigenvalue weighted by molar-refractivity contribution is 5.27. The molecular formula is C12H19NO. The molecule has 0 saturated carbocycles. The Bertz CT molecular complexity index is 243. The van der Waals surface area contributed by atoms with Gasteiger partial charge in [0.2, 0.25) is 0 Å². The van der Waals surface area contributed by atoms with Crippen molar-refractivity contribution in [1.82, 2.24) is 5.32 Å². The van der Waals surface area contributed by atoms with Crippen molar-refractivity contribution in [2.45, 2.75) is 19.3 Å². The third-order valence-corrected chi connectivity index (χ3v) is 2.30. The molecule has 0 fully saturated rings. The van der Waals surface area contributed by atoms with Crippen LogP contribution >= 0.6 is 0 Å². The van der Waals surface area contributed by atoms with E-state index in [-0.39, 0.29) is 0 Å². The van der Waals surface area contributed by atoms with Crippen molar-refractivity contribution in [2.75, 3.05) is 20.7 Å². The third kappa shape index (κ3) is 3.79. The Morgan fingerprint density at radius 2 is 1.86 bits per heavy atom. The minimum Gasteiger partial charge on any atom is -0.497 e. The Kier molecular flexibility index (Phi) is 5.08. The zero-order valence-electron chi connectivity index (χ0n) is 9.05. The van der Waals surface area contributed by atoms with Crippen molar-refractivity contribution < 1.29 is 4.74 Å². The van der Waals surface area contributed by atoms with Crippen LogP contribution in [0.25, 0.3) is 0 Å². The predicted octanol–water partition coefficient (Wildman–Crippen LogP) is 2.24. The van der Waals surface area contributed by atoms with Crippen LogP contribution in [0.4, 0.5) is 0 Å². The molecule has 0 aliphatic heterocycles. The van der Waals surface area contributed by atoms with Gasteiger partial charge in [0.25, 0.3) is 0 Å². The van der Waals surface area contributed by atoms with Gasteiger partial charge >= 0.3 is 0 Å². The topological polar surface area (TPSA) is 21.3 Å². The lowest BCUT2D eigenvalue weighted by molar-refractivity contribution is 0.414. The van der Waals surface area contributed by atoms with E-state index in [1.54, 1.807) is 7.11 Å². The van der Waals surface area contributed by atoms with E-state index in [0.29, 0.717) is 0 Å². The first-order chi connectivity index (χ1) is 6.86. The maximum Gasteiger partial charge on any atom is 0.118 e. The van der Waals surface area contributed by atoms with Crippen molar-refractivity contribution in [3.63, 3.8) is 0 Å². The van der Waals surface area contributed by atoms with Crippen LogP contribution in [0.3, 0.4) is 0 Å². The highest BCUT2D eigenvalue weighted by Crippen LogP contribution is 2.12. The first-order valence-corrected chi connectivity index (χ1v) is 5.14. The minimum absolute atomic E-state index is 0.934. The van der Waals surface area contributed by atoms with E-state index in [1.807, 2.05) is 19.2 Å². The number of unbranched alkanes of at least 4 members (excludes halogenated alkanes) is 1. The van der Waals surface area contributed by atoms with Gasteiger partial charge in [-0.1, -0.05) is 12.1 Å². The van der Waals surface area contributed by atoms with Crippen molar-refractivity contribution in [1.29, 1.82) is 0 Å². The molecule has 0 aliphatic carbocycles. The number of benzene rings is 1. The fourth-order valence-electron chi connectivity index (χ4n) is 1.42. The van der Waals surface area contributed by atoms with E-state index in [4.69, 9.17) is 4.74 Å². The Balaban J connectivity index is 2.29. The quantitative estimate of drug-likeness (QED) is 0.700. The second-order valence-electron chi connectivity index (χ2n) is 3.41. The van der Waals surface area contributed by atoms with E-state index < -0.39 is 0 Å². The Hall–Kier alpha value is -1.02. The van der Waals surface area contributed by atoms with E-state index in [0.717, 1.165) is 18.7 Å². The molecular weight excluding hydrogens is 174 g/mol. The van der Waals surface area contributed by atoms with E-state index >= 15 is 0 Å². The molecule has 1 N–H and O–H groups in total. The lowest BCUT2D eigenvalue weighted by Gasteiger charge is -2.03. The molecule has 0 atom stereocenters. The lowest BCUT2D eigenvalue weighted by Crippen LogP contribution is -2.07. The smallest absolute Gasteiger partial charge is 0.118 e. The summed E-state index contributed by atoms with van der Waals surface area (Å²) in [6.07, 6.45) is 3.64. The van der Waals surface area contributed by atoms with Gasteiger partial charge in [0, 0.05) is 0 Å². The molecule has 14 heavy (non-hydrogen) atoms. The van der Waals surface area contributed by atoms with Gasteiger partial charge in [-0.2, -0.15) is 0 Å². The average molecular weight is 193 g/mol. The summed E-state index contributed by atoms with van der Waals surface area (Å²) in [6, 6.07) is 8.32. The predicted molar refractivity (Wildman–Crippen MR) is 59.9 cm³/mol. The summed E-state index contributed by atoms with van der Waals surface area (Å²) >= 11 is 0. The number of hydrogen-bond donors (Lipinski definition) is 1. The number of rotatable bonds is 6. The molecule has 0 heterocycles. The van der Waals surface area contributed by atoms with Gasteiger partial charge in [0.15, 0.2) is 0 Å². The van der Waals surface area contributed by atoms with Gasteiger partial charge < -0.3 is 10.1 Å². The Labute approximate surface area is 86.3 Å². The largest absolute Gasteiger partial charge is 0.497 e. The van der Waals surface area contributed by atoms with Crippen LogP contribution in [0.1, 0.15) is 18.4 Å². The van der Waals surface area contributed by atoms with Crippen molar-refractivity contribution in [3.05, 3.63) is 29.8 Å². The van der Waals surface area contributed by atoms with Gasteiger partial charge in [-0.3, -0.25) is 0 Å². The summed E-state index contributed by atoms with van der Waals surface area (Å²) in [4.78, 5) is 0. The summed E-state index contributed by atoms with van der Waals surface area (Å²) < 4.78 is 5.10. The summed E-state index contributed by atoms with van der Waals surface area (Å²) in [7, 11) is 3.69. The number of hydrogen-bond acceptors (Lipinski definition) is 2. The molecule has 0 bridgehead atoms. The zero-order valence-corrected chi connectivity index (χ0v) is 9.05. The van der Waals surface area contributed by atoms with E-state index in [1.165, 1.54) is 18.4 Å². The van der Waals surface area contributed by atoms with Gasteiger partial charge in [-0.25, -0.2) is 0 Å². The summed E-state index contributed by atoms with van der Waals surface area (Å²) in [5.41, 5.74) is 1.39. The molecule has 1 aromatic rings. The first-order valence-electron chi connectivity index (χ1n) is 5.14. The van der Waals surface area contributed by atoms with Crippen LogP contribution in [0.5, 0.6) is 5.75 Å². The highest BCUT2D eigenvalue weighted by atomic mass is 16.5. The molecule has 2 nitrogen and oxygen atoms in total. The molecule has 0 saturated heterocycles. The van der Waals surface area contributed by atoms with Crippen LogP contribution < -0.4 is 10.1 Å². The molecule has 0 radical (unpaired) electrons. The number of aryl methyl sites for hydroxylation is 1. The number of methoxy groups -OCH3 is 1. The molecule has 0 amide bonds. The Morgan fingerprint density at radius 1 is 1.14 bits per heavy atom. The number of nitrogens with one attached hydrogen (secondary N) is 1. The zero-order chi connectivity index (χ0) is 10.2. The normalized spacial score (nSPS) is 10.1. The Morgan fingerprint density at radius 3 is 2.43 bits per heavy atom. The molecule has 78 valence electrons. The van der Waals surface area contributed by atoms with Gasteiger partial charge in [0.1, 0.15) is 5.75 Å². The second kappa shape index (κ2) is 6.44. The van der Waals surface area contributed by atoms with E-state index in [2.05, 4.69) is 17.4 Å². The van der Waals surface area contributed by atoms with Crippen LogP contribution in [0.15, 0.2) is 24.3 Å². The van der Waals surface area contributed by atoms with Gasteiger partial charge in [-0.15, -0.1) is 0 Å². The molecule has 0 unspecified atom stereocenters. The minimum atomic E-state index is 0.934. The van der Waals surface area contributed by atoms with Crippen LogP contribution in [-0.2, 0) is 6.42 Å². The fraction of sp³-hybridized carbons (Fsp3) is 0.500. The van der Waals surface area contributed by atoms with E-state index in [9.17, 15) is 0 Å². The summed E-state index contributed by atoms with van der Waals surface area (Å²) in [6.45, 7) is 1.11. The molecule has 2 heteroatoms. The lowest BCUT2D eigenvalue weighted by atomic mass is 10.1. The van der Waals surface area contributed by atoms with Gasteiger partial charge in [0.05, 0.1) is 7.11 Å². The van der Waals surface area contributed by atoms with Crippen LogP contribution in [0.2, 0.25) is 0 Å². The third-order valence-electron chi connectivity index (χ3n) is 2.30. The molecule has 0 aliphatic rings. The molecule has 0 aromatic heterocycles. The van der Waals surface area contributed by atoms with Gasteiger partial charge in [-0.05, 0) is 50.6 Å². The monoisotopic (exact) mass is 193 g/mol. The van der Waals surface area contributed by atoms with Crippen molar-refractivity contribution in [2.24, 2.45) is 0 Å². The SMILES string of the molecule is CNCCCCc1ccc(OC)cc1. The fourth-order valence-corrected chi connectivity index (χ4v) is 1.42. The first kappa shape index (κ1) is 11.1. The summed E-state index contributed by atoms with van der Waals surface area (Å²) in [5, 5.41) is 3.15. The van der Waals surface area contributed by atoms with Crippen molar-refractivity contribution >= 4 is 0 Å². The standard InChI is InChI=1S/C12H19NO/c1-13-10-4-3-5-11-6-8-12(14-2)9-7-11/h6-9,13H,3-5,10H2,1-2H3. The molecule has 1 aromatic carbocycles. The molecule has 0 spiro atoms. The summed E-state index contributed by atoms with van der Waals surface area (Å²) in [5.74, 6) is 0.934. The molecule has 1 rings (SSSR count). The highest BCUT2D eigenvalue weighted by Gasteiger charge is 1.94. The van der Waals surface area contributed by atoms with Crippen LogP contribution in [-0.4, -0.2) is 20.7 Å². The van der Waals surface area contributed by atoms with Crippen molar-refractivity contribution in [3.8, 4) is 5.75 Å².